The van der Waals surface area contributed by atoms with Gasteiger partial charge in [0.25, 0.3) is 0 Å². The highest BCUT2D eigenvalue weighted by atomic mass is 15.0. The Kier molecular flexibility index (Phi) is 8.78. The molecule has 2 N–H and O–H groups in total. The van der Waals surface area contributed by atoms with E-state index >= 15 is 0 Å². The van der Waals surface area contributed by atoms with Crippen molar-refractivity contribution in [2.45, 2.75) is 33.4 Å². The lowest BCUT2D eigenvalue weighted by atomic mass is 9.69. The fourth-order valence-corrected chi connectivity index (χ4v) is 6.14. The maximum atomic E-state index is 6.52. The van der Waals surface area contributed by atoms with Crippen LogP contribution in [0.15, 0.2) is 146 Å². The summed E-state index contributed by atoms with van der Waals surface area (Å²) in [6.45, 7) is 15.7. The highest BCUT2D eigenvalue weighted by Crippen LogP contribution is 2.45. The van der Waals surface area contributed by atoms with Gasteiger partial charge < -0.3 is 5.73 Å². The Morgan fingerprint density at radius 1 is 0.952 bits per heavy atom. The molecule has 5 rings (SSSR count). The monoisotopic (exact) mass is 551 g/mol. The van der Waals surface area contributed by atoms with Crippen LogP contribution < -0.4 is 14.9 Å². The van der Waals surface area contributed by atoms with E-state index in [2.05, 4.69) is 146 Å². The molecule has 0 radical (unpaired) electrons. The summed E-state index contributed by atoms with van der Waals surface area (Å²) in [7, 11) is 0. The van der Waals surface area contributed by atoms with Crippen molar-refractivity contribution >= 4 is 16.8 Å². The van der Waals surface area contributed by atoms with Crippen LogP contribution in [0.5, 0.6) is 0 Å². The Morgan fingerprint density at radius 3 is 2.43 bits per heavy atom. The molecule has 2 unspecified atom stereocenters. The number of aromatic nitrogens is 2. The van der Waals surface area contributed by atoms with E-state index in [4.69, 9.17) is 5.73 Å². The minimum Gasteiger partial charge on any atom is -0.398 e. The molecule has 0 bridgehead atoms. The first kappa shape index (κ1) is 28.8. The number of nitrogens with two attached hydrogens (primary N) is 1. The molecule has 0 spiro atoms. The van der Waals surface area contributed by atoms with Crippen molar-refractivity contribution in [3.05, 3.63) is 163 Å². The van der Waals surface area contributed by atoms with E-state index in [1.54, 1.807) is 0 Å². The minimum atomic E-state index is 0.143. The molecule has 42 heavy (non-hydrogen) atoms. The van der Waals surface area contributed by atoms with Crippen LogP contribution in [-0.4, -0.2) is 0 Å². The first-order valence-corrected chi connectivity index (χ1v) is 14.7. The number of nitrogens with zero attached hydrogens (tertiary/aromatic N) is 2. The lowest BCUT2D eigenvalue weighted by Gasteiger charge is -2.36. The van der Waals surface area contributed by atoms with Crippen LogP contribution in [0.25, 0.3) is 22.4 Å². The van der Waals surface area contributed by atoms with Gasteiger partial charge in [0.05, 0.1) is 11.5 Å². The molecule has 0 aliphatic heterocycles. The van der Waals surface area contributed by atoms with Crippen LogP contribution in [0.3, 0.4) is 0 Å². The number of para-hydroxylation sites is 1. The quantitative estimate of drug-likeness (QED) is 0.0918. The van der Waals surface area contributed by atoms with Crippen molar-refractivity contribution in [1.29, 1.82) is 0 Å². The van der Waals surface area contributed by atoms with Crippen molar-refractivity contribution in [3.63, 3.8) is 0 Å². The Bertz CT molecular complexity index is 1700. The largest absolute Gasteiger partial charge is 0.398 e. The van der Waals surface area contributed by atoms with Gasteiger partial charge in [0.15, 0.2) is 25.0 Å². The summed E-state index contributed by atoms with van der Waals surface area (Å²) in [5.41, 5.74) is 16.8. The van der Waals surface area contributed by atoms with E-state index < -0.39 is 0 Å². The highest BCUT2D eigenvalue weighted by Gasteiger charge is 2.47. The fourth-order valence-electron chi connectivity index (χ4n) is 6.14. The molecule has 4 aromatic rings. The molecule has 3 nitrogen and oxygen atoms in total. The van der Waals surface area contributed by atoms with Crippen LogP contribution in [0.2, 0.25) is 0 Å². The number of anilines is 1. The van der Waals surface area contributed by atoms with Crippen LogP contribution in [0.1, 0.15) is 36.7 Å². The lowest BCUT2D eigenvalue weighted by molar-refractivity contribution is -0.737. The third kappa shape index (κ3) is 5.69. The number of hydrogen-bond donors (Lipinski definition) is 1. The van der Waals surface area contributed by atoms with Gasteiger partial charge >= 0.3 is 0 Å². The Labute approximate surface area is 251 Å². The van der Waals surface area contributed by atoms with Gasteiger partial charge in [-0.3, -0.25) is 0 Å². The second kappa shape index (κ2) is 12.8. The van der Waals surface area contributed by atoms with Gasteiger partial charge in [0.1, 0.15) is 0 Å². The van der Waals surface area contributed by atoms with E-state index in [-0.39, 0.29) is 17.9 Å². The van der Waals surface area contributed by atoms with E-state index in [0.717, 1.165) is 29.1 Å². The maximum absolute atomic E-state index is 6.52. The molecule has 2 heterocycles. The standard InChI is InChI=1S/C39H41N3/c1-6-8-18-33(34-20-11-12-21-36(34)40)30(5)35-26-31(39(35)42-25-16-14-22-37(42)28(3)7-2)27-41-24-15-13-23-38(41)32-19-10-9-17-29(32)4/h6-26,30,35,39H,2-3,27,40H2,1,4-5H3/q+2/b8-6-,33-18+/t30?,35-,39?/m1/s1. The van der Waals surface area contributed by atoms with Gasteiger partial charge in [-0.25, -0.2) is 0 Å². The average Bonchev–Trinajstić information content (AvgIpc) is 3.00. The first-order chi connectivity index (χ1) is 20.4. The summed E-state index contributed by atoms with van der Waals surface area (Å²) in [5, 5.41) is 0. The highest BCUT2D eigenvalue weighted by molar-refractivity contribution is 5.77. The van der Waals surface area contributed by atoms with Gasteiger partial charge in [-0.15, -0.1) is 0 Å². The van der Waals surface area contributed by atoms with Gasteiger partial charge in [0, 0.05) is 46.7 Å². The van der Waals surface area contributed by atoms with Crippen LogP contribution in [0.4, 0.5) is 5.69 Å². The molecule has 0 saturated carbocycles. The number of nitrogen functional groups attached to an aromatic ring is 1. The SMILES string of the molecule is C=CC(=C)c1cccc[n+]1C1C(C[n+]2ccccc2-c2ccccc2C)=C[C@@H]1C(C)/C(=C\C=C/C)c1ccccc1N. The average molecular weight is 552 g/mol. The summed E-state index contributed by atoms with van der Waals surface area (Å²) < 4.78 is 4.76. The number of hydrogen-bond acceptors (Lipinski definition) is 1. The molecular weight excluding hydrogens is 510 g/mol. The summed E-state index contributed by atoms with van der Waals surface area (Å²) in [6.07, 6.45) is 15.1. The number of pyridine rings is 2. The number of allylic oxidation sites excluding steroid dienone is 8. The number of benzene rings is 2. The lowest BCUT2D eigenvalue weighted by Crippen LogP contribution is -2.55. The zero-order chi connectivity index (χ0) is 29.6. The van der Waals surface area contributed by atoms with Crippen molar-refractivity contribution in [1.82, 2.24) is 0 Å². The van der Waals surface area contributed by atoms with E-state index in [0.29, 0.717) is 0 Å². The van der Waals surface area contributed by atoms with E-state index in [1.165, 1.54) is 28.0 Å². The summed E-state index contributed by atoms with van der Waals surface area (Å²) in [6, 6.07) is 29.7. The normalized spacial score (nSPS) is 17.4. The second-order valence-corrected chi connectivity index (χ2v) is 11.0. The van der Waals surface area contributed by atoms with Crippen molar-refractivity contribution < 1.29 is 9.13 Å². The molecule has 2 aromatic carbocycles. The minimum absolute atomic E-state index is 0.143. The topological polar surface area (TPSA) is 33.8 Å². The Balaban J connectivity index is 1.61. The maximum Gasteiger partial charge on any atom is 0.213 e. The number of rotatable bonds is 10. The van der Waals surface area contributed by atoms with Crippen molar-refractivity contribution in [2.24, 2.45) is 11.8 Å². The molecular formula is C39H41N3+2. The first-order valence-electron chi connectivity index (χ1n) is 14.7. The molecule has 1 aliphatic carbocycles. The third-order valence-electron chi connectivity index (χ3n) is 8.44. The van der Waals surface area contributed by atoms with Crippen molar-refractivity contribution in [2.75, 3.05) is 5.73 Å². The summed E-state index contributed by atoms with van der Waals surface area (Å²) >= 11 is 0. The van der Waals surface area contributed by atoms with Gasteiger partial charge in [0.2, 0.25) is 11.4 Å². The van der Waals surface area contributed by atoms with E-state index in [1.807, 2.05) is 25.1 Å². The molecule has 3 heteroatoms. The van der Waals surface area contributed by atoms with E-state index in [9.17, 15) is 0 Å². The number of aryl methyl sites for hydroxylation is 1. The molecule has 1 aliphatic rings. The summed E-state index contributed by atoms with van der Waals surface area (Å²) in [4.78, 5) is 0. The van der Waals surface area contributed by atoms with Gasteiger partial charge in [-0.2, -0.15) is 9.13 Å². The Morgan fingerprint density at radius 2 is 1.67 bits per heavy atom. The molecule has 3 atom stereocenters. The fraction of sp³-hybridized carbons (Fsp3) is 0.179. The predicted octanol–water partition coefficient (Wildman–Crippen LogP) is 8.11. The molecule has 2 aromatic heterocycles. The second-order valence-electron chi connectivity index (χ2n) is 11.0. The molecule has 0 fully saturated rings. The Hall–Kier alpha value is -4.76. The zero-order valence-electron chi connectivity index (χ0n) is 24.9. The zero-order valence-corrected chi connectivity index (χ0v) is 24.9. The third-order valence-corrected chi connectivity index (χ3v) is 8.44. The van der Waals surface area contributed by atoms with Crippen LogP contribution in [0, 0.1) is 18.8 Å². The predicted molar refractivity (Wildman–Crippen MR) is 176 cm³/mol. The van der Waals surface area contributed by atoms with Gasteiger partial charge in [-0.05, 0) is 55.2 Å². The smallest absolute Gasteiger partial charge is 0.213 e. The summed E-state index contributed by atoms with van der Waals surface area (Å²) in [5.74, 6) is 0.472. The molecule has 0 saturated heterocycles. The van der Waals surface area contributed by atoms with Crippen LogP contribution in [-0.2, 0) is 6.54 Å². The van der Waals surface area contributed by atoms with Crippen LogP contribution >= 0.6 is 0 Å². The van der Waals surface area contributed by atoms with Gasteiger partial charge in [-0.1, -0.05) is 86.9 Å². The van der Waals surface area contributed by atoms with Crippen molar-refractivity contribution in [3.8, 4) is 11.3 Å². The molecule has 210 valence electrons. The molecule has 0 amide bonds.